The van der Waals surface area contributed by atoms with Gasteiger partial charge >= 0.3 is 0 Å². The Bertz CT molecular complexity index is 658. The number of benzene rings is 1. The second-order valence-corrected chi connectivity index (χ2v) is 4.50. The second kappa shape index (κ2) is 4.93. The fourth-order valence-electron chi connectivity index (χ4n) is 1.78. The SMILES string of the molecule is Fc1cc(Cl)cc(-c2nc(C3=CCCC=N3)no2)c1. The second-order valence-electron chi connectivity index (χ2n) is 4.06. The van der Waals surface area contributed by atoms with E-state index in [0.717, 1.165) is 12.8 Å². The smallest absolute Gasteiger partial charge is 0.258 e. The van der Waals surface area contributed by atoms with Crippen molar-refractivity contribution in [2.75, 3.05) is 0 Å². The predicted octanol–water partition coefficient (Wildman–Crippen LogP) is 3.73. The van der Waals surface area contributed by atoms with Gasteiger partial charge in [0, 0.05) is 16.8 Å². The molecule has 0 aliphatic carbocycles. The molecule has 6 heteroatoms. The summed E-state index contributed by atoms with van der Waals surface area (Å²) in [6, 6.07) is 4.08. The monoisotopic (exact) mass is 277 g/mol. The van der Waals surface area contributed by atoms with E-state index >= 15 is 0 Å². The zero-order chi connectivity index (χ0) is 13.2. The molecule has 1 aliphatic rings. The van der Waals surface area contributed by atoms with Crippen molar-refractivity contribution in [3.63, 3.8) is 0 Å². The third kappa shape index (κ3) is 2.56. The van der Waals surface area contributed by atoms with E-state index in [0.29, 0.717) is 17.1 Å². The average Bonchev–Trinajstić information content (AvgIpc) is 2.88. The highest BCUT2D eigenvalue weighted by molar-refractivity contribution is 6.30. The van der Waals surface area contributed by atoms with Gasteiger partial charge in [0.15, 0.2) is 0 Å². The number of allylic oxidation sites excluding steroid dienone is 1. The number of aromatic nitrogens is 2. The Labute approximate surface area is 113 Å². The molecule has 19 heavy (non-hydrogen) atoms. The van der Waals surface area contributed by atoms with E-state index in [1.807, 2.05) is 12.3 Å². The van der Waals surface area contributed by atoms with Crippen LogP contribution in [0.1, 0.15) is 18.7 Å². The summed E-state index contributed by atoms with van der Waals surface area (Å²) < 4.78 is 18.4. The molecule has 0 spiro atoms. The molecule has 0 saturated heterocycles. The first-order valence-electron chi connectivity index (χ1n) is 5.75. The highest BCUT2D eigenvalue weighted by atomic mass is 35.5. The molecule has 1 aliphatic heterocycles. The van der Waals surface area contributed by atoms with Gasteiger partial charge in [-0.05, 0) is 31.0 Å². The van der Waals surface area contributed by atoms with Gasteiger partial charge in [0.25, 0.3) is 5.89 Å². The molecule has 0 bridgehead atoms. The summed E-state index contributed by atoms with van der Waals surface area (Å²) in [6.45, 7) is 0. The third-order valence-corrected chi connectivity index (χ3v) is 2.85. The molecule has 0 amide bonds. The highest BCUT2D eigenvalue weighted by Crippen LogP contribution is 2.25. The van der Waals surface area contributed by atoms with E-state index < -0.39 is 5.82 Å². The third-order valence-electron chi connectivity index (χ3n) is 2.63. The molecule has 0 saturated carbocycles. The van der Waals surface area contributed by atoms with Crippen LogP contribution in [0.4, 0.5) is 4.39 Å². The molecule has 4 nitrogen and oxygen atoms in total. The van der Waals surface area contributed by atoms with Gasteiger partial charge in [0.1, 0.15) is 11.5 Å². The summed E-state index contributed by atoms with van der Waals surface area (Å²) in [6.07, 6.45) is 5.56. The minimum atomic E-state index is -0.447. The standard InChI is InChI=1S/C13H9ClFN3O/c14-9-5-8(6-10(15)7-9)13-17-12(18-19-13)11-3-1-2-4-16-11/h3-7H,1-2H2. The van der Waals surface area contributed by atoms with Crippen LogP contribution in [0, 0.1) is 5.82 Å². The van der Waals surface area contributed by atoms with E-state index in [-0.39, 0.29) is 10.9 Å². The first-order chi connectivity index (χ1) is 9.22. The van der Waals surface area contributed by atoms with Gasteiger partial charge in [-0.2, -0.15) is 4.98 Å². The van der Waals surface area contributed by atoms with Crippen molar-refractivity contribution in [3.8, 4) is 11.5 Å². The molecule has 1 aromatic carbocycles. The predicted molar refractivity (Wildman–Crippen MR) is 70.4 cm³/mol. The van der Waals surface area contributed by atoms with Crippen molar-refractivity contribution in [2.45, 2.75) is 12.8 Å². The number of hydrogen-bond acceptors (Lipinski definition) is 4. The van der Waals surface area contributed by atoms with Crippen molar-refractivity contribution in [1.29, 1.82) is 0 Å². The maximum atomic E-state index is 13.3. The number of hydrogen-bond donors (Lipinski definition) is 0. The lowest BCUT2D eigenvalue weighted by Crippen LogP contribution is -1.91. The summed E-state index contributed by atoms with van der Waals surface area (Å²) in [7, 11) is 0. The van der Waals surface area contributed by atoms with Gasteiger partial charge in [0.2, 0.25) is 5.82 Å². The van der Waals surface area contributed by atoms with E-state index in [9.17, 15) is 4.39 Å². The number of nitrogens with zero attached hydrogens (tertiary/aromatic N) is 3. The summed E-state index contributed by atoms with van der Waals surface area (Å²) in [5.41, 5.74) is 1.12. The Morgan fingerprint density at radius 1 is 1.21 bits per heavy atom. The van der Waals surface area contributed by atoms with Crippen LogP contribution in [0.3, 0.4) is 0 Å². The molecule has 1 aromatic heterocycles. The largest absolute Gasteiger partial charge is 0.334 e. The van der Waals surface area contributed by atoms with Crippen molar-refractivity contribution >= 4 is 23.5 Å². The summed E-state index contributed by atoms with van der Waals surface area (Å²) >= 11 is 5.79. The Morgan fingerprint density at radius 2 is 2.11 bits per heavy atom. The minimum absolute atomic E-state index is 0.220. The van der Waals surface area contributed by atoms with Gasteiger partial charge in [0.05, 0.1) is 0 Å². The van der Waals surface area contributed by atoms with Crippen molar-refractivity contribution < 1.29 is 8.91 Å². The summed E-state index contributed by atoms with van der Waals surface area (Å²) in [5.74, 6) is 0.168. The fourth-order valence-corrected chi connectivity index (χ4v) is 2.00. The maximum absolute atomic E-state index is 13.3. The van der Waals surface area contributed by atoms with Crippen LogP contribution in [0.25, 0.3) is 17.2 Å². The van der Waals surface area contributed by atoms with Crippen LogP contribution in [0.15, 0.2) is 33.8 Å². The fraction of sp³-hybridized carbons (Fsp3) is 0.154. The quantitative estimate of drug-likeness (QED) is 0.840. The van der Waals surface area contributed by atoms with Gasteiger partial charge in [-0.15, -0.1) is 0 Å². The van der Waals surface area contributed by atoms with Crippen LogP contribution in [0.5, 0.6) is 0 Å². The van der Waals surface area contributed by atoms with Gasteiger partial charge < -0.3 is 4.52 Å². The molecule has 0 unspecified atom stereocenters. The molecule has 0 N–H and O–H groups in total. The molecule has 2 aromatic rings. The van der Waals surface area contributed by atoms with E-state index in [2.05, 4.69) is 15.1 Å². The van der Waals surface area contributed by atoms with Crippen LogP contribution < -0.4 is 0 Å². The first kappa shape index (κ1) is 12.0. The van der Waals surface area contributed by atoms with Crippen molar-refractivity contribution in [1.82, 2.24) is 10.1 Å². The lowest BCUT2D eigenvalue weighted by molar-refractivity contribution is 0.428. The van der Waals surface area contributed by atoms with Crippen molar-refractivity contribution in [3.05, 3.63) is 40.9 Å². The Morgan fingerprint density at radius 3 is 2.84 bits per heavy atom. The van der Waals surface area contributed by atoms with E-state index in [4.69, 9.17) is 16.1 Å². The normalized spacial score (nSPS) is 14.5. The minimum Gasteiger partial charge on any atom is -0.334 e. The van der Waals surface area contributed by atoms with Crippen molar-refractivity contribution in [2.24, 2.45) is 4.99 Å². The molecular formula is C13H9ClFN3O. The molecule has 0 fully saturated rings. The van der Waals surface area contributed by atoms with Crippen LogP contribution in [0.2, 0.25) is 5.02 Å². The molecule has 0 atom stereocenters. The summed E-state index contributed by atoms with van der Waals surface area (Å²) in [4.78, 5) is 8.39. The molecule has 96 valence electrons. The Hall–Kier alpha value is -2.01. The Kier molecular flexibility index (Phi) is 3.13. The van der Waals surface area contributed by atoms with Gasteiger partial charge in [-0.1, -0.05) is 22.8 Å². The van der Waals surface area contributed by atoms with Crippen LogP contribution in [-0.4, -0.2) is 16.4 Å². The average molecular weight is 278 g/mol. The zero-order valence-electron chi connectivity index (χ0n) is 9.81. The number of rotatable bonds is 2. The van der Waals surface area contributed by atoms with Crippen LogP contribution in [-0.2, 0) is 0 Å². The van der Waals surface area contributed by atoms with E-state index in [1.54, 1.807) is 6.07 Å². The number of halogens is 2. The topological polar surface area (TPSA) is 51.3 Å². The van der Waals surface area contributed by atoms with Gasteiger partial charge in [-0.3, -0.25) is 4.99 Å². The molecule has 0 radical (unpaired) electrons. The summed E-state index contributed by atoms with van der Waals surface area (Å²) in [5, 5.41) is 4.12. The van der Waals surface area contributed by atoms with Gasteiger partial charge in [-0.25, -0.2) is 4.39 Å². The number of aliphatic imine (C=N–C) groups is 1. The van der Waals surface area contributed by atoms with E-state index in [1.165, 1.54) is 12.1 Å². The molecular weight excluding hydrogens is 269 g/mol. The zero-order valence-corrected chi connectivity index (χ0v) is 10.6. The molecule has 2 heterocycles. The lowest BCUT2D eigenvalue weighted by Gasteiger charge is -1.99. The lowest BCUT2D eigenvalue weighted by atomic mass is 10.2. The molecule has 3 rings (SSSR count). The maximum Gasteiger partial charge on any atom is 0.258 e. The Balaban J connectivity index is 1.96. The van der Waals surface area contributed by atoms with Crippen LogP contribution >= 0.6 is 11.6 Å². The highest BCUT2D eigenvalue weighted by Gasteiger charge is 2.14. The first-order valence-corrected chi connectivity index (χ1v) is 6.13.